The summed E-state index contributed by atoms with van der Waals surface area (Å²) in [5, 5.41) is 2.90. The van der Waals surface area contributed by atoms with E-state index in [4.69, 9.17) is 9.47 Å². The molecule has 2 aliphatic rings. The Morgan fingerprint density at radius 1 is 1.29 bits per heavy atom. The second-order valence-electron chi connectivity index (χ2n) is 7.29. The summed E-state index contributed by atoms with van der Waals surface area (Å²) in [5.74, 6) is 1.60. The highest BCUT2D eigenvalue weighted by atomic mass is 16.5. The van der Waals surface area contributed by atoms with Gasteiger partial charge in [-0.2, -0.15) is 0 Å². The summed E-state index contributed by atoms with van der Waals surface area (Å²) in [7, 11) is 0. The third-order valence-electron chi connectivity index (χ3n) is 4.54. The van der Waals surface area contributed by atoms with Gasteiger partial charge in [0.1, 0.15) is 12.2 Å². The molecule has 4 nitrogen and oxygen atoms in total. The highest BCUT2D eigenvalue weighted by molar-refractivity contribution is 5.88. The first-order valence-corrected chi connectivity index (χ1v) is 8.94. The van der Waals surface area contributed by atoms with Gasteiger partial charge < -0.3 is 14.8 Å². The Morgan fingerprint density at radius 3 is 2.88 bits per heavy atom. The molecule has 1 aromatic rings. The van der Waals surface area contributed by atoms with Gasteiger partial charge in [-0.1, -0.05) is 24.1 Å². The molecule has 4 heteroatoms. The van der Waals surface area contributed by atoms with Crippen molar-refractivity contribution in [2.24, 2.45) is 0 Å². The van der Waals surface area contributed by atoms with E-state index in [0.29, 0.717) is 13.2 Å². The molecule has 1 N–H and O–H groups in total. The van der Waals surface area contributed by atoms with Crippen LogP contribution in [0.2, 0.25) is 0 Å². The first kappa shape index (κ1) is 16.9. The van der Waals surface area contributed by atoms with Crippen LogP contribution in [-0.2, 0) is 11.2 Å². The van der Waals surface area contributed by atoms with E-state index < -0.39 is 0 Å². The van der Waals surface area contributed by atoms with E-state index in [-0.39, 0.29) is 11.5 Å². The van der Waals surface area contributed by atoms with Crippen molar-refractivity contribution < 1.29 is 14.3 Å². The molecule has 0 unspecified atom stereocenters. The molecule has 1 aliphatic heterocycles. The Hall–Kier alpha value is -1.97. The summed E-state index contributed by atoms with van der Waals surface area (Å²) >= 11 is 0. The molecule has 1 heterocycles. The molecule has 0 aromatic heterocycles. The fourth-order valence-electron chi connectivity index (χ4n) is 3.42. The van der Waals surface area contributed by atoms with Crippen LogP contribution in [0.4, 0.5) is 0 Å². The average Bonchev–Trinajstić information content (AvgIpc) is 2.87. The topological polar surface area (TPSA) is 47.6 Å². The molecule has 3 rings (SSSR count). The smallest absolute Gasteiger partial charge is 0.244 e. The number of amides is 1. The van der Waals surface area contributed by atoms with Gasteiger partial charge in [0.15, 0.2) is 11.5 Å². The van der Waals surface area contributed by atoms with Crippen LogP contribution in [-0.4, -0.2) is 24.7 Å². The Labute approximate surface area is 144 Å². The average molecular weight is 329 g/mol. The minimum absolute atomic E-state index is 0.00817. The van der Waals surface area contributed by atoms with Crippen molar-refractivity contribution in [2.75, 3.05) is 13.2 Å². The Balaban J connectivity index is 1.46. The molecule has 1 saturated carbocycles. The van der Waals surface area contributed by atoms with Crippen LogP contribution in [0.15, 0.2) is 29.8 Å². The number of ether oxygens (including phenoxy) is 2. The zero-order valence-corrected chi connectivity index (χ0v) is 14.7. The highest BCUT2D eigenvalue weighted by Gasteiger charge is 2.32. The summed E-state index contributed by atoms with van der Waals surface area (Å²) in [6, 6.07) is 5.99. The number of carbonyl (C=O) groups excluding carboxylic acids is 1. The van der Waals surface area contributed by atoms with Crippen LogP contribution in [0.3, 0.4) is 0 Å². The monoisotopic (exact) mass is 329 g/mol. The molecule has 1 aromatic carbocycles. The number of para-hydroxylation sites is 1. The number of hydrogen-bond donors (Lipinski definition) is 1. The van der Waals surface area contributed by atoms with E-state index >= 15 is 0 Å². The van der Waals surface area contributed by atoms with Crippen molar-refractivity contribution in [3.05, 3.63) is 35.4 Å². The van der Waals surface area contributed by atoms with Gasteiger partial charge in [0, 0.05) is 18.1 Å². The van der Waals surface area contributed by atoms with Crippen molar-refractivity contribution in [3.8, 4) is 11.5 Å². The number of carbonyl (C=O) groups is 1. The molecule has 0 bridgehead atoms. The zero-order valence-electron chi connectivity index (χ0n) is 14.7. The molecular weight excluding hydrogens is 302 g/mol. The standard InChI is InChI=1S/C20H27NO3/c1-20(2)14-16-9-6-10-17(19(16)24-20)23-12-11-21-18(22)13-15-7-4-3-5-8-15/h6,9-10,13H,3-5,7-8,11-12,14H2,1-2H3,(H,21,22). The van der Waals surface area contributed by atoms with Gasteiger partial charge in [0.05, 0.1) is 6.54 Å². The van der Waals surface area contributed by atoms with Crippen LogP contribution in [0, 0.1) is 0 Å². The Bertz CT molecular complexity index is 626. The molecule has 1 aliphatic carbocycles. The van der Waals surface area contributed by atoms with Gasteiger partial charge in [0.25, 0.3) is 0 Å². The van der Waals surface area contributed by atoms with Gasteiger partial charge in [-0.15, -0.1) is 0 Å². The lowest BCUT2D eigenvalue weighted by atomic mass is 9.95. The summed E-state index contributed by atoms with van der Waals surface area (Å²) in [4.78, 5) is 11.9. The second kappa shape index (κ2) is 7.29. The summed E-state index contributed by atoms with van der Waals surface area (Å²) in [5.41, 5.74) is 2.28. The number of benzene rings is 1. The van der Waals surface area contributed by atoms with Gasteiger partial charge in [-0.25, -0.2) is 0 Å². The number of rotatable bonds is 5. The van der Waals surface area contributed by atoms with Crippen LogP contribution < -0.4 is 14.8 Å². The van der Waals surface area contributed by atoms with Crippen molar-refractivity contribution in [3.63, 3.8) is 0 Å². The minimum atomic E-state index is -0.178. The minimum Gasteiger partial charge on any atom is -0.488 e. The molecule has 0 atom stereocenters. The maximum absolute atomic E-state index is 11.9. The summed E-state index contributed by atoms with van der Waals surface area (Å²) in [6.45, 7) is 5.09. The molecular formula is C20H27NO3. The van der Waals surface area contributed by atoms with Crippen molar-refractivity contribution in [1.29, 1.82) is 0 Å². The second-order valence-corrected chi connectivity index (χ2v) is 7.29. The summed E-state index contributed by atoms with van der Waals surface area (Å²) in [6.07, 6.45) is 8.48. The fraction of sp³-hybridized carbons (Fsp3) is 0.550. The van der Waals surface area contributed by atoms with E-state index in [1.165, 1.54) is 30.4 Å². The van der Waals surface area contributed by atoms with Crippen LogP contribution in [0.25, 0.3) is 0 Å². The summed E-state index contributed by atoms with van der Waals surface area (Å²) < 4.78 is 11.8. The first-order valence-electron chi connectivity index (χ1n) is 8.94. The number of allylic oxidation sites excluding steroid dienone is 1. The molecule has 0 radical (unpaired) electrons. The number of fused-ring (bicyclic) bond motifs is 1. The molecule has 130 valence electrons. The van der Waals surface area contributed by atoms with Crippen molar-refractivity contribution >= 4 is 5.91 Å². The Kier molecular flexibility index (Phi) is 5.12. The van der Waals surface area contributed by atoms with Crippen LogP contribution in [0.1, 0.15) is 51.5 Å². The van der Waals surface area contributed by atoms with E-state index in [1.54, 1.807) is 6.08 Å². The van der Waals surface area contributed by atoms with Crippen molar-refractivity contribution in [1.82, 2.24) is 5.32 Å². The van der Waals surface area contributed by atoms with Crippen LogP contribution in [0.5, 0.6) is 11.5 Å². The number of nitrogens with one attached hydrogen (secondary N) is 1. The molecule has 0 saturated heterocycles. The Morgan fingerprint density at radius 2 is 2.08 bits per heavy atom. The molecule has 24 heavy (non-hydrogen) atoms. The van der Waals surface area contributed by atoms with Gasteiger partial charge in [-0.3, -0.25) is 4.79 Å². The zero-order chi connectivity index (χ0) is 17.0. The largest absolute Gasteiger partial charge is 0.488 e. The lowest BCUT2D eigenvalue weighted by molar-refractivity contribution is -0.116. The van der Waals surface area contributed by atoms with E-state index in [1.807, 2.05) is 12.1 Å². The molecule has 1 amide bonds. The molecule has 1 fully saturated rings. The van der Waals surface area contributed by atoms with E-state index in [2.05, 4.69) is 25.2 Å². The van der Waals surface area contributed by atoms with Crippen LogP contribution >= 0.6 is 0 Å². The first-order chi connectivity index (χ1) is 11.5. The van der Waals surface area contributed by atoms with Crippen molar-refractivity contribution in [2.45, 2.75) is 58.0 Å². The van der Waals surface area contributed by atoms with E-state index in [9.17, 15) is 4.79 Å². The maximum atomic E-state index is 11.9. The predicted octanol–water partition coefficient (Wildman–Crippen LogP) is 3.79. The third kappa shape index (κ3) is 4.31. The van der Waals surface area contributed by atoms with Gasteiger partial charge in [-0.05, 0) is 45.6 Å². The van der Waals surface area contributed by atoms with E-state index in [0.717, 1.165) is 30.8 Å². The predicted molar refractivity (Wildman–Crippen MR) is 94.5 cm³/mol. The SMILES string of the molecule is CC1(C)Cc2cccc(OCCNC(=O)C=C3CCCCC3)c2O1. The van der Waals surface area contributed by atoms with Gasteiger partial charge >= 0.3 is 0 Å². The number of hydrogen-bond acceptors (Lipinski definition) is 3. The lowest BCUT2D eigenvalue weighted by Gasteiger charge is -2.18. The van der Waals surface area contributed by atoms with Gasteiger partial charge in [0.2, 0.25) is 5.91 Å². The molecule has 0 spiro atoms. The maximum Gasteiger partial charge on any atom is 0.244 e. The quantitative estimate of drug-likeness (QED) is 0.660. The fourth-order valence-corrected chi connectivity index (χ4v) is 3.42. The third-order valence-corrected chi connectivity index (χ3v) is 4.54. The lowest BCUT2D eigenvalue weighted by Crippen LogP contribution is -2.27. The highest BCUT2D eigenvalue weighted by Crippen LogP contribution is 2.41. The normalized spacial score (nSPS) is 18.5.